The number of benzene rings is 1. The molecule has 7 nitrogen and oxygen atoms in total. The summed E-state index contributed by atoms with van der Waals surface area (Å²) in [5, 5.41) is 4.14. The molecule has 0 aliphatic carbocycles. The minimum absolute atomic E-state index is 0.206. The van der Waals surface area contributed by atoms with Crippen LogP contribution in [0.4, 0.5) is 0 Å². The zero-order valence-electron chi connectivity index (χ0n) is 14.1. The molecule has 1 aliphatic heterocycles. The fraction of sp³-hybridized carbons (Fsp3) is 0.222. The average molecular weight is 369 g/mol. The number of rotatable bonds is 5. The molecule has 0 unspecified atom stereocenters. The zero-order valence-corrected chi connectivity index (χ0v) is 14.9. The van der Waals surface area contributed by atoms with E-state index in [9.17, 15) is 8.42 Å². The molecule has 4 rings (SSSR count). The molecule has 26 heavy (non-hydrogen) atoms. The Hall–Kier alpha value is -2.55. The monoisotopic (exact) mass is 369 g/mol. The van der Waals surface area contributed by atoms with Crippen molar-refractivity contribution in [2.75, 3.05) is 6.54 Å². The Bertz CT molecular complexity index is 1000. The highest BCUT2D eigenvalue weighted by atomic mass is 32.2. The first-order chi connectivity index (χ1) is 12.6. The molecule has 2 aromatic heterocycles. The van der Waals surface area contributed by atoms with E-state index in [4.69, 9.17) is 0 Å². The van der Waals surface area contributed by atoms with Crippen molar-refractivity contribution in [3.8, 4) is 5.82 Å². The Morgan fingerprint density at radius 2 is 1.92 bits per heavy atom. The van der Waals surface area contributed by atoms with Gasteiger partial charge in [-0.15, -0.1) is 0 Å². The Kier molecular flexibility index (Phi) is 4.54. The van der Waals surface area contributed by atoms with E-state index in [1.165, 1.54) is 9.87 Å². The van der Waals surface area contributed by atoms with Gasteiger partial charge in [0.2, 0.25) is 0 Å². The predicted octanol–water partition coefficient (Wildman–Crippen LogP) is 1.66. The molecule has 0 bridgehead atoms. The van der Waals surface area contributed by atoms with Crippen molar-refractivity contribution in [1.82, 2.24) is 23.8 Å². The van der Waals surface area contributed by atoms with Gasteiger partial charge in [0.1, 0.15) is 0 Å². The number of hydrogen-bond donors (Lipinski definition) is 1. The first-order valence-corrected chi connectivity index (χ1v) is 9.82. The predicted molar refractivity (Wildman–Crippen MR) is 97.7 cm³/mol. The van der Waals surface area contributed by atoms with Gasteiger partial charge in [0.15, 0.2) is 5.82 Å². The summed E-state index contributed by atoms with van der Waals surface area (Å²) in [7, 11) is -3.55. The molecule has 0 spiro atoms. The molecule has 1 N–H and O–H groups in total. The Morgan fingerprint density at radius 3 is 2.73 bits per heavy atom. The third-order valence-corrected chi connectivity index (χ3v) is 5.94. The van der Waals surface area contributed by atoms with Crippen LogP contribution in [0.3, 0.4) is 0 Å². The quantitative estimate of drug-likeness (QED) is 0.742. The number of pyridine rings is 1. The number of nitrogens with zero attached hydrogens (tertiary/aromatic N) is 4. The van der Waals surface area contributed by atoms with Crippen LogP contribution in [0.15, 0.2) is 61.1 Å². The second kappa shape index (κ2) is 6.99. The van der Waals surface area contributed by atoms with E-state index in [-0.39, 0.29) is 6.54 Å². The molecule has 1 aromatic carbocycles. The summed E-state index contributed by atoms with van der Waals surface area (Å²) in [6, 6.07) is 13.4. The van der Waals surface area contributed by atoms with Gasteiger partial charge >= 0.3 is 0 Å². The van der Waals surface area contributed by atoms with Gasteiger partial charge in [-0.3, -0.25) is 0 Å². The maximum Gasteiger partial charge on any atom is 0.280 e. The molecule has 0 saturated heterocycles. The summed E-state index contributed by atoms with van der Waals surface area (Å²) in [5.74, 6) is 0.651. The maximum atomic E-state index is 12.7. The lowest BCUT2D eigenvalue weighted by Crippen LogP contribution is -2.43. The topological polar surface area (TPSA) is 80.1 Å². The maximum absolute atomic E-state index is 12.7. The molecule has 0 fully saturated rings. The molecule has 3 aromatic rings. The molecule has 1 aliphatic rings. The minimum atomic E-state index is -3.55. The molecule has 134 valence electrons. The largest absolute Gasteiger partial charge is 0.280 e. The Labute approximate surface area is 152 Å². The third kappa shape index (κ3) is 3.52. The molecule has 0 atom stereocenters. The van der Waals surface area contributed by atoms with E-state index in [1.807, 2.05) is 30.3 Å². The van der Waals surface area contributed by atoms with Crippen molar-refractivity contribution in [2.45, 2.75) is 19.5 Å². The minimum Gasteiger partial charge on any atom is -0.237 e. The van der Waals surface area contributed by atoms with Crippen LogP contribution in [0.25, 0.3) is 5.82 Å². The third-order valence-electron chi connectivity index (χ3n) is 4.44. The summed E-state index contributed by atoms with van der Waals surface area (Å²) in [6.07, 6.45) is 5.85. The number of aromatic nitrogens is 3. The van der Waals surface area contributed by atoms with E-state index in [2.05, 4.69) is 20.9 Å². The zero-order chi connectivity index (χ0) is 18.0. The van der Waals surface area contributed by atoms with E-state index < -0.39 is 10.2 Å². The number of fused-ring (bicyclic) bond motifs is 1. The van der Waals surface area contributed by atoms with Crippen LogP contribution in [0.2, 0.25) is 0 Å². The second-order valence-electron chi connectivity index (χ2n) is 6.15. The van der Waals surface area contributed by atoms with Crippen LogP contribution in [0.5, 0.6) is 0 Å². The van der Waals surface area contributed by atoms with Gasteiger partial charge in [-0.1, -0.05) is 24.3 Å². The van der Waals surface area contributed by atoms with Gasteiger partial charge < -0.3 is 0 Å². The normalized spacial score (nSPS) is 14.9. The summed E-state index contributed by atoms with van der Waals surface area (Å²) in [6.45, 7) is 1.10. The molecular weight excluding hydrogens is 350 g/mol. The summed E-state index contributed by atoms with van der Waals surface area (Å²) in [5.41, 5.74) is 3.11. The molecule has 0 amide bonds. The van der Waals surface area contributed by atoms with Gasteiger partial charge in [0.05, 0.1) is 0 Å². The summed E-state index contributed by atoms with van der Waals surface area (Å²) < 4.78 is 31.1. The van der Waals surface area contributed by atoms with Crippen LogP contribution in [0.1, 0.15) is 16.7 Å². The lowest BCUT2D eigenvalue weighted by Gasteiger charge is -2.28. The van der Waals surface area contributed by atoms with Gasteiger partial charge in [-0.25, -0.2) is 9.67 Å². The number of nitrogens with one attached hydrogen (secondary N) is 1. The van der Waals surface area contributed by atoms with Crippen molar-refractivity contribution in [3.05, 3.63) is 77.7 Å². The first kappa shape index (κ1) is 16.9. The lowest BCUT2D eigenvalue weighted by atomic mass is 10.0. The van der Waals surface area contributed by atoms with Gasteiger partial charge in [-0.2, -0.15) is 22.5 Å². The van der Waals surface area contributed by atoms with Crippen LogP contribution >= 0.6 is 0 Å². The van der Waals surface area contributed by atoms with Crippen LogP contribution in [-0.2, 0) is 29.7 Å². The van der Waals surface area contributed by atoms with E-state index in [0.717, 1.165) is 17.5 Å². The second-order valence-corrected chi connectivity index (χ2v) is 7.91. The Balaban J connectivity index is 1.45. The van der Waals surface area contributed by atoms with Crippen molar-refractivity contribution in [3.63, 3.8) is 0 Å². The van der Waals surface area contributed by atoms with Crippen molar-refractivity contribution in [2.24, 2.45) is 0 Å². The van der Waals surface area contributed by atoms with E-state index in [1.54, 1.807) is 29.3 Å². The molecular formula is C18H19N5O2S. The smallest absolute Gasteiger partial charge is 0.237 e. The average Bonchev–Trinajstić information content (AvgIpc) is 3.21. The standard InChI is InChI=1S/C18H19N5O2S/c24-26(25,22-11-7-16-4-1-2-5-17(16)14-22)21-13-15-6-9-19-18(12-15)23-10-3-8-20-23/h1-6,8-10,12,21H,7,11,13-14H2. The fourth-order valence-electron chi connectivity index (χ4n) is 3.04. The van der Waals surface area contributed by atoms with Gasteiger partial charge in [0, 0.05) is 38.2 Å². The van der Waals surface area contributed by atoms with Crippen LogP contribution < -0.4 is 4.72 Å². The molecule has 3 heterocycles. The van der Waals surface area contributed by atoms with E-state index in [0.29, 0.717) is 18.9 Å². The van der Waals surface area contributed by atoms with Crippen LogP contribution in [0, 0.1) is 0 Å². The van der Waals surface area contributed by atoms with Crippen molar-refractivity contribution in [1.29, 1.82) is 0 Å². The SMILES string of the molecule is O=S(=O)(NCc1ccnc(-n2cccn2)c1)N1CCc2ccccc2C1. The van der Waals surface area contributed by atoms with Gasteiger partial charge in [0.25, 0.3) is 10.2 Å². The lowest BCUT2D eigenvalue weighted by molar-refractivity contribution is 0.384. The molecule has 0 saturated carbocycles. The van der Waals surface area contributed by atoms with Gasteiger partial charge in [-0.05, 0) is 41.3 Å². The van der Waals surface area contributed by atoms with E-state index >= 15 is 0 Å². The summed E-state index contributed by atoms with van der Waals surface area (Å²) in [4.78, 5) is 4.25. The summed E-state index contributed by atoms with van der Waals surface area (Å²) >= 11 is 0. The van der Waals surface area contributed by atoms with Crippen molar-refractivity contribution >= 4 is 10.2 Å². The van der Waals surface area contributed by atoms with Crippen molar-refractivity contribution < 1.29 is 8.42 Å². The highest BCUT2D eigenvalue weighted by Gasteiger charge is 2.26. The fourth-order valence-corrected chi connectivity index (χ4v) is 4.21. The van der Waals surface area contributed by atoms with Crippen LogP contribution in [-0.4, -0.2) is 34.0 Å². The number of hydrogen-bond acceptors (Lipinski definition) is 4. The first-order valence-electron chi connectivity index (χ1n) is 8.38. The Morgan fingerprint density at radius 1 is 1.08 bits per heavy atom. The molecule has 0 radical (unpaired) electrons. The molecule has 8 heteroatoms. The highest BCUT2D eigenvalue weighted by molar-refractivity contribution is 7.87. The highest BCUT2D eigenvalue weighted by Crippen LogP contribution is 2.20.